The molecule has 0 amide bonds. The lowest BCUT2D eigenvalue weighted by Crippen LogP contribution is -2.31. The molecule has 0 bridgehead atoms. The van der Waals surface area contributed by atoms with Crippen LogP contribution in [0.4, 0.5) is 0 Å². The van der Waals surface area contributed by atoms with Crippen LogP contribution in [0.1, 0.15) is 18.4 Å². The minimum Gasteiger partial charge on any atom is -0.497 e. The van der Waals surface area contributed by atoms with Crippen molar-refractivity contribution < 1.29 is 4.74 Å². The van der Waals surface area contributed by atoms with Crippen LogP contribution in [-0.2, 0) is 6.54 Å². The molecular formula is C15H23BrN2O. The van der Waals surface area contributed by atoms with Crippen molar-refractivity contribution in [3.8, 4) is 5.75 Å². The monoisotopic (exact) mass is 326 g/mol. The van der Waals surface area contributed by atoms with Crippen molar-refractivity contribution in [2.45, 2.75) is 19.4 Å². The molecule has 1 heterocycles. The molecule has 19 heavy (non-hydrogen) atoms. The second-order valence-corrected chi connectivity index (χ2v) is 6.10. The number of benzene rings is 1. The average molecular weight is 327 g/mol. The highest BCUT2D eigenvalue weighted by Crippen LogP contribution is 2.23. The third-order valence-electron chi connectivity index (χ3n) is 3.69. The van der Waals surface area contributed by atoms with Crippen LogP contribution in [-0.4, -0.2) is 50.1 Å². The van der Waals surface area contributed by atoms with Gasteiger partial charge in [-0.2, -0.15) is 0 Å². The van der Waals surface area contributed by atoms with Crippen molar-refractivity contribution in [2.24, 2.45) is 0 Å². The van der Waals surface area contributed by atoms with E-state index in [4.69, 9.17) is 4.74 Å². The van der Waals surface area contributed by atoms with Crippen molar-refractivity contribution in [3.05, 3.63) is 28.2 Å². The fourth-order valence-corrected chi connectivity index (χ4v) is 2.86. The summed E-state index contributed by atoms with van der Waals surface area (Å²) >= 11 is 3.61. The number of halogens is 1. The molecule has 1 aliphatic rings. The normalized spacial score (nSPS) is 16.2. The van der Waals surface area contributed by atoms with Gasteiger partial charge in [-0.3, -0.25) is 0 Å². The summed E-state index contributed by atoms with van der Waals surface area (Å²) in [6, 6.07) is 6.15. The van der Waals surface area contributed by atoms with Crippen LogP contribution < -0.4 is 4.74 Å². The lowest BCUT2D eigenvalue weighted by Gasteiger charge is -2.22. The molecule has 1 aromatic carbocycles. The lowest BCUT2D eigenvalue weighted by atomic mass is 10.2. The van der Waals surface area contributed by atoms with Gasteiger partial charge in [0.15, 0.2) is 0 Å². The molecule has 0 N–H and O–H groups in total. The van der Waals surface area contributed by atoms with Gasteiger partial charge in [0.1, 0.15) is 5.75 Å². The Bertz CT molecular complexity index is 405. The van der Waals surface area contributed by atoms with Crippen LogP contribution in [0.15, 0.2) is 22.7 Å². The maximum atomic E-state index is 5.29. The summed E-state index contributed by atoms with van der Waals surface area (Å²) < 4.78 is 6.44. The first-order valence-corrected chi connectivity index (χ1v) is 7.71. The van der Waals surface area contributed by atoms with E-state index in [2.05, 4.69) is 44.9 Å². The van der Waals surface area contributed by atoms with Crippen LogP contribution in [0.2, 0.25) is 0 Å². The lowest BCUT2D eigenvalue weighted by molar-refractivity contribution is 0.252. The molecule has 0 atom stereocenters. The maximum Gasteiger partial charge on any atom is 0.119 e. The topological polar surface area (TPSA) is 15.7 Å². The Morgan fingerprint density at radius 3 is 2.74 bits per heavy atom. The van der Waals surface area contributed by atoms with Gasteiger partial charge in [-0.1, -0.05) is 15.9 Å². The van der Waals surface area contributed by atoms with Crippen LogP contribution in [0.25, 0.3) is 0 Å². The smallest absolute Gasteiger partial charge is 0.119 e. The molecule has 1 aromatic rings. The Morgan fingerprint density at radius 1 is 1.32 bits per heavy atom. The molecule has 0 unspecified atom stereocenters. The van der Waals surface area contributed by atoms with Gasteiger partial charge in [0.05, 0.1) is 7.11 Å². The number of rotatable bonds is 6. The van der Waals surface area contributed by atoms with E-state index in [1.807, 2.05) is 6.07 Å². The highest BCUT2D eigenvalue weighted by atomic mass is 79.9. The molecule has 2 rings (SSSR count). The summed E-state index contributed by atoms with van der Waals surface area (Å²) in [7, 11) is 3.89. The van der Waals surface area contributed by atoms with Gasteiger partial charge < -0.3 is 14.5 Å². The van der Waals surface area contributed by atoms with E-state index < -0.39 is 0 Å². The standard InChI is InChI=1S/C15H23BrN2O/c1-17(9-10-18-7-3-4-8-18)12-13-11-14(19-2)5-6-15(13)16/h5-6,11H,3-4,7-10,12H2,1-2H3. The fourth-order valence-electron chi connectivity index (χ4n) is 2.49. The molecular weight excluding hydrogens is 304 g/mol. The number of hydrogen-bond donors (Lipinski definition) is 0. The summed E-state index contributed by atoms with van der Waals surface area (Å²) in [6.45, 7) is 5.79. The molecule has 106 valence electrons. The van der Waals surface area contributed by atoms with Crippen molar-refractivity contribution in [1.82, 2.24) is 9.80 Å². The van der Waals surface area contributed by atoms with Crippen molar-refractivity contribution >= 4 is 15.9 Å². The second kappa shape index (κ2) is 7.27. The van der Waals surface area contributed by atoms with E-state index >= 15 is 0 Å². The SMILES string of the molecule is COc1ccc(Br)c(CN(C)CCN2CCCC2)c1. The quantitative estimate of drug-likeness (QED) is 0.799. The predicted octanol–water partition coefficient (Wildman–Crippen LogP) is 2.99. The zero-order chi connectivity index (χ0) is 13.7. The van der Waals surface area contributed by atoms with E-state index in [0.717, 1.165) is 23.3 Å². The van der Waals surface area contributed by atoms with Crippen molar-refractivity contribution in [1.29, 1.82) is 0 Å². The van der Waals surface area contributed by atoms with Crippen molar-refractivity contribution in [2.75, 3.05) is 40.3 Å². The molecule has 0 spiro atoms. The third kappa shape index (κ3) is 4.48. The summed E-state index contributed by atoms with van der Waals surface area (Å²) in [5, 5.41) is 0. The van der Waals surface area contributed by atoms with Gasteiger partial charge in [-0.05, 0) is 56.7 Å². The minimum absolute atomic E-state index is 0.922. The molecule has 0 saturated carbocycles. The number of likely N-dealkylation sites (tertiary alicyclic amines) is 1. The van der Waals surface area contributed by atoms with E-state index in [-0.39, 0.29) is 0 Å². The van der Waals surface area contributed by atoms with Gasteiger partial charge in [-0.25, -0.2) is 0 Å². The summed E-state index contributed by atoms with van der Waals surface area (Å²) in [5.41, 5.74) is 1.28. The van der Waals surface area contributed by atoms with Gasteiger partial charge in [-0.15, -0.1) is 0 Å². The van der Waals surface area contributed by atoms with Gasteiger partial charge >= 0.3 is 0 Å². The number of likely N-dealkylation sites (N-methyl/N-ethyl adjacent to an activating group) is 1. The Hall–Kier alpha value is -0.580. The Kier molecular flexibility index (Phi) is 5.67. The highest BCUT2D eigenvalue weighted by Gasteiger charge is 2.12. The molecule has 0 aliphatic carbocycles. The first-order chi connectivity index (χ1) is 9.19. The highest BCUT2D eigenvalue weighted by molar-refractivity contribution is 9.10. The number of hydrogen-bond acceptors (Lipinski definition) is 3. The van der Waals surface area contributed by atoms with Gasteiger partial charge in [0.25, 0.3) is 0 Å². The van der Waals surface area contributed by atoms with Crippen LogP contribution in [0.5, 0.6) is 5.75 Å². The molecule has 1 aliphatic heterocycles. The van der Waals surface area contributed by atoms with Gasteiger partial charge in [0.2, 0.25) is 0 Å². The molecule has 0 radical (unpaired) electrons. The summed E-state index contributed by atoms with van der Waals surface area (Å²) in [4.78, 5) is 4.93. The molecule has 1 saturated heterocycles. The van der Waals surface area contributed by atoms with Crippen LogP contribution in [0.3, 0.4) is 0 Å². The van der Waals surface area contributed by atoms with E-state index in [1.165, 1.54) is 38.0 Å². The maximum absolute atomic E-state index is 5.29. The van der Waals surface area contributed by atoms with E-state index in [0.29, 0.717) is 0 Å². The predicted molar refractivity (Wildman–Crippen MR) is 82.7 cm³/mol. The van der Waals surface area contributed by atoms with E-state index in [1.54, 1.807) is 7.11 Å². The Balaban J connectivity index is 1.85. The molecule has 3 nitrogen and oxygen atoms in total. The van der Waals surface area contributed by atoms with Gasteiger partial charge in [0, 0.05) is 24.1 Å². The van der Waals surface area contributed by atoms with E-state index in [9.17, 15) is 0 Å². The average Bonchev–Trinajstić information content (AvgIpc) is 2.92. The molecule has 4 heteroatoms. The number of nitrogens with zero attached hydrogens (tertiary/aromatic N) is 2. The van der Waals surface area contributed by atoms with Crippen LogP contribution >= 0.6 is 15.9 Å². The fraction of sp³-hybridized carbons (Fsp3) is 0.600. The minimum atomic E-state index is 0.922. The first-order valence-electron chi connectivity index (χ1n) is 6.92. The first kappa shape index (κ1) is 14.8. The van der Waals surface area contributed by atoms with Crippen LogP contribution in [0, 0.1) is 0 Å². The second-order valence-electron chi connectivity index (χ2n) is 5.24. The number of ether oxygens (including phenoxy) is 1. The van der Waals surface area contributed by atoms with Crippen molar-refractivity contribution in [3.63, 3.8) is 0 Å². The zero-order valence-electron chi connectivity index (χ0n) is 11.9. The third-order valence-corrected chi connectivity index (χ3v) is 4.46. The molecule has 1 fully saturated rings. The summed E-state index contributed by atoms with van der Waals surface area (Å²) in [5.74, 6) is 0.922. The number of methoxy groups -OCH3 is 1. The molecule has 0 aromatic heterocycles. The largest absolute Gasteiger partial charge is 0.497 e. The zero-order valence-corrected chi connectivity index (χ0v) is 13.4. The Labute approximate surface area is 124 Å². The summed E-state index contributed by atoms with van der Waals surface area (Å²) in [6.07, 6.45) is 2.73. The Morgan fingerprint density at radius 2 is 2.05 bits per heavy atom.